The Morgan fingerprint density at radius 2 is 2.60 bits per heavy atom. The van der Waals surface area contributed by atoms with Crippen LogP contribution in [0.3, 0.4) is 0 Å². The number of nitrogens with zero attached hydrogens (tertiary/aromatic N) is 2. The quantitative estimate of drug-likeness (QED) is 0.390. The van der Waals surface area contributed by atoms with Gasteiger partial charge in [0, 0.05) is 12.8 Å². The summed E-state index contributed by atoms with van der Waals surface area (Å²) in [6.45, 7) is 0.792. The van der Waals surface area contributed by atoms with Crippen molar-refractivity contribution in [3.05, 3.63) is 0 Å². The molecule has 0 aromatic heterocycles. The lowest BCUT2D eigenvalue weighted by Crippen LogP contribution is -2.29. The summed E-state index contributed by atoms with van der Waals surface area (Å²) in [6, 6.07) is 0. The van der Waals surface area contributed by atoms with Crippen molar-refractivity contribution in [2.24, 2.45) is 10.1 Å². The van der Waals surface area contributed by atoms with E-state index in [2.05, 4.69) is 15.5 Å². The molecule has 0 radical (unpaired) electrons. The molecule has 1 rings (SSSR count). The van der Waals surface area contributed by atoms with Crippen molar-refractivity contribution in [1.82, 2.24) is 5.32 Å². The number of hydrogen-bond donors (Lipinski definition) is 2. The van der Waals surface area contributed by atoms with E-state index >= 15 is 0 Å². The van der Waals surface area contributed by atoms with E-state index in [0.717, 1.165) is 12.3 Å². The highest BCUT2D eigenvalue weighted by molar-refractivity contribution is 8.15. The molecular weight excluding hydrogens is 150 g/mol. The molecule has 0 aromatic carbocycles. The van der Waals surface area contributed by atoms with E-state index < -0.39 is 0 Å². The van der Waals surface area contributed by atoms with Gasteiger partial charge in [0.1, 0.15) is 0 Å². The Hall–Kier alpha value is -0.710. The minimum absolute atomic E-state index is 0.578. The summed E-state index contributed by atoms with van der Waals surface area (Å²) in [7, 11) is 1.76. The highest BCUT2D eigenvalue weighted by Crippen LogP contribution is 2.09. The van der Waals surface area contributed by atoms with Crippen LogP contribution < -0.4 is 5.32 Å². The first kappa shape index (κ1) is 7.40. The molecule has 0 fully saturated rings. The van der Waals surface area contributed by atoms with Crippen LogP contribution in [0.15, 0.2) is 10.1 Å². The second-order valence-corrected chi connectivity index (χ2v) is 2.82. The smallest absolute Gasteiger partial charge is 0.177 e. The minimum Gasteiger partial charge on any atom is -0.410 e. The molecule has 1 heterocycles. The summed E-state index contributed by atoms with van der Waals surface area (Å²) < 4.78 is 0. The molecule has 2 N–H and O–H groups in total. The van der Waals surface area contributed by atoms with E-state index in [9.17, 15) is 0 Å². The molecule has 1 aliphatic rings. The maximum atomic E-state index is 8.44. The van der Waals surface area contributed by atoms with Gasteiger partial charge in [0.15, 0.2) is 10.9 Å². The third-order valence-corrected chi connectivity index (χ3v) is 2.07. The van der Waals surface area contributed by atoms with Gasteiger partial charge in [0.25, 0.3) is 0 Å². The molecule has 0 unspecified atom stereocenters. The first-order valence-corrected chi connectivity index (χ1v) is 3.94. The van der Waals surface area contributed by atoms with Crippen molar-refractivity contribution >= 4 is 22.6 Å². The molecule has 4 nitrogen and oxygen atoms in total. The van der Waals surface area contributed by atoms with Crippen LogP contribution in [-0.2, 0) is 0 Å². The van der Waals surface area contributed by atoms with Gasteiger partial charge in [0.05, 0.1) is 6.54 Å². The van der Waals surface area contributed by atoms with Crippen LogP contribution >= 0.6 is 11.8 Å². The van der Waals surface area contributed by atoms with Gasteiger partial charge in [-0.15, -0.1) is 0 Å². The van der Waals surface area contributed by atoms with Gasteiger partial charge in [0.2, 0.25) is 0 Å². The van der Waals surface area contributed by atoms with Crippen molar-refractivity contribution in [2.75, 3.05) is 19.3 Å². The van der Waals surface area contributed by atoms with E-state index in [4.69, 9.17) is 5.21 Å². The average molecular weight is 159 g/mol. The highest BCUT2D eigenvalue weighted by atomic mass is 32.2. The number of oxime groups is 1. The first-order chi connectivity index (χ1) is 4.88. The lowest BCUT2D eigenvalue weighted by molar-refractivity contribution is 0.321. The molecule has 0 aliphatic carbocycles. The molecule has 1 aliphatic heterocycles. The molecule has 5 heteroatoms. The van der Waals surface area contributed by atoms with E-state index in [1.165, 1.54) is 11.8 Å². The predicted molar refractivity (Wildman–Crippen MR) is 43.0 cm³/mol. The van der Waals surface area contributed by atoms with Gasteiger partial charge in [-0.2, -0.15) is 0 Å². The van der Waals surface area contributed by atoms with Crippen molar-refractivity contribution in [1.29, 1.82) is 0 Å². The number of rotatable bonds is 0. The maximum Gasteiger partial charge on any atom is 0.177 e. The second kappa shape index (κ2) is 3.46. The van der Waals surface area contributed by atoms with Crippen molar-refractivity contribution < 1.29 is 5.21 Å². The predicted octanol–water partition coefficient (Wildman–Crippen LogP) is 0.139. The lowest BCUT2D eigenvalue weighted by Gasteiger charge is -2.10. The van der Waals surface area contributed by atoms with E-state index in [-0.39, 0.29) is 0 Å². The Bertz CT molecular complexity index is 178. The van der Waals surface area contributed by atoms with Gasteiger partial charge < -0.3 is 10.5 Å². The van der Waals surface area contributed by atoms with E-state index in [1.807, 2.05) is 0 Å². The van der Waals surface area contributed by atoms with Gasteiger partial charge in [-0.3, -0.25) is 4.99 Å². The zero-order chi connectivity index (χ0) is 7.40. The van der Waals surface area contributed by atoms with Crippen LogP contribution in [-0.4, -0.2) is 35.4 Å². The number of thioether (sulfide) groups is 1. The van der Waals surface area contributed by atoms with Crippen molar-refractivity contribution in [3.63, 3.8) is 0 Å². The fourth-order valence-electron chi connectivity index (χ4n) is 0.698. The van der Waals surface area contributed by atoms with Crippen LogP contribution in [0, 0.1) is 0 Å². The Labute approximate surface area is 63.4 Å². The summed E-state index contributed by atoms with van der Waals surface area (Å²) >= 11 is 1.50. The summed E-state index contributed by atoms with van der Waals surface area (Å²) in [5.41, 5.74) is 0. The van der Waals surface area contributed by atoms with Gasteiger partial charge in [-0.05, 0) is 0 Å². The van der Waals surface area contributed by atoms with Crippen LogP contribution in [0.4, 0.5) is 0 Å². The van der Waals surface area contributed by atoms with Crippen LogP contribution in [0.5, 0.6) is 0 Å². The Morgan fingerprint density at radius 3 is 3.10 bits per heavy atom. The third kappa shape index (κ3) is 1.41. The van der Waals surface area contributed by atoms with E-state index in [1.54, 1.807) is 7.05 Å². The highest BCUT2D eigenvalue weighted by Gasteiger charge is 2.12. The first-order valence-electron chi connectivity index (χ1n) is 2.96. The molecule has 0 saturated carbocycles. The van der Waals surface area contributed by atoms with Crippen LogP contribution in [0.2, 0.25) is 0 Å². The Balaban J connectivity index is 2.72. The van der Waals surface area contributed by atoms with Crippen molar-refractivity contribution in [3.8, 4) is 0 Å². The lowest BCUT2D eigenvalue weighted by atomic mass is 10.6. The Morgan fingerprint density at radius 1 is 1.80 bits per heavy atom. The fourth-order valence-corrected chi connectivity index (χ4v) is 1.43. The molecular formula is C5H9N3OS. The molecule has 0 saturated heterocycles. The third-order valence-electron chi connectivity index (χ3n) is 1.13. The average Bonchev–Trinajstić information content (AvgIpc) is 2.04. The van der Waals surface area contributed by atoms with Gasteiger partial charge >= 0.3 is 0 Å². The van der Waals surface area contributed by atoms with E-state index in [0.29, 0.717) is 10.9 Å². The number of amidine groups is 1. The Kier molecular flexibility index (Phi) is 2.56. The summed E-state index contributed by atoms with van der Waals surface area (Å²) in [6.07, 6.45) is 0. The molecule has 56 valence electrons. The SMILES string of the molecule is CNC1=NCCSC1=NO. The number of nitrogens with one attached hydrogen (secondary N) is 1. The number of aliphatic imine (C=N–C) groups is 1. The zero-order valence-corrected chi connectivity index (χ0v) is 6.48. The second-order valence-electron chi connectivity index (χ2n) is 1.73. The van der Waals surface area contributed by atoms with Gasteiger partial charge in [-0.1, -0.05) is 16.9 Å². The molecule has 0 bridgehead atoms. The topological polar surface area (TPSA) is 57.0 Å². The maximum absolute atomic E-state index is 8.44. The summed E-state index contributed by atoms with van der Waals surface area (Å²) in [4.78, 5) is 4.09. The zero-order valence-electron chi connectivity index (χ0n) is 5.66. The molecule has 10 heavy (non-hydrogen) atoms. The summed E-state index contributed by atoms with van der Waals surface area (Å²) in [5, 5.41) is 14.9. The standard InChI is InChI=1S/C5H9N3OS/c1-6-4-5(8-9)10-3-2-7-4/h9H,2-3H2,1H3,(H,6,7). The molecule has 0 aromatic rings. The fraction of sp³-hybridized carbons (Fsp3) is 0.600. The largest absolute Gasteiger partial charge is 0.410 e. The normalized spacial score (nSPS) is 22.5. The molecule has 0 spiro atoms. The minimum atomic E-state index is 0.578. The molecule has 0 atom stereocenters. The van der Waals surface area contributed by atoms with Crippen molar-refractivity contribution in [2.45, 2.75) is 0 Å². The van der Waals surface area contributed by atoms with Gasteiger partial charge in [-0.25, -0.2) is 0 Å². The monoisotopic (exact) mass is 159 g/mol. The number of hydrogen-bond acceptors (Lipinski definition) is 5. The van der Waals surface area contributed by atoms with Crippen LogP contribution in [0.1, 0.15) is 0 Å². The van der Waals surface area contributed by atoms with Crippen LogP contribution in [0.25, 0.3) is 0 Å². The summed E-state index contributed by atoms with van der Waals surface area (Å²) in [5.74, 6) is 1.57. The molecule has 0 amide bonds.